The van der Waals surface area contributed by atoms with Crippen molar-refractivity contribution in [1.29, 1.82) is 0 Å². The van der Waals surface area contributed by atoms with Crippen molar-refractivity contribution in [2.45, 2.75) is 6.92 Å². The number of carbonyl (C=O) groups is 1. The van der Waals surface area contributed by atoms with Gasteiger partial charge in [0, 0.05) is 23.1 Å². The van der Waals surface area contributed by atoms with Crippen LogP contribution < -0.4 is 10.6 Å². The largest absolute Gasteiger partial charge is 0.337 e. The van der Waals surface area contributed by atoms with E-state index in [-0.39, 0.29) is 5.69 Å². The van der Waals surface area contributed by atoms with Gasteiger partial charge in [0.05, 0.1) is 5.69 Å². The van der Waals surface area contributed by atoms with Crippen LogP contribution in [0.3, 0.4) is 0 Å². The quantitative estimate of drug-likeness (QED) is 0.896. The molecule has 0 saturated heterocycles. The van der Waals surface area contributed by atoms with E-state index in [2.05, 4.69) is 26.6 Å². The lowest BCUT2D eigenvalue weighted by molar-refractivity contribution is 0.250. The molecule has 0 spiro atoms. The van der Waals surface area contributed by atoms with Gasteiger partial charge < -0.3 is 15.5 Å². The van der Waals surface area contributed by atoms with Crippen molar-refractivity contribution in [3.8, 4) is 0 Å². The van der Waals surface area contributed by atoms with Crippen LogP contribution in [0.1, 0.15) is 5.56 Å². The molecular formula is C12H17BrFN3O. The molecule has 0 aliphatic rings. The zero-order valence-corrected chi connectivity index (χ0v) is 12.3. The number of nitrogens with one attached hydrogen (secondary N) is 2. The third-order valence-corrected chi connectivity index (χ3v) is 3.27. The molecule has 1 aromatic carbocycles. The maximum atomic E-state index is 13.8. The van der Waals surface area contributed by atoms with E-state index in [0.717, 1.165) is 6.54 Å². The standard InChI is InChI=1S/C12H17BrFN3O/c1-8-9(13)4-5-10(11(8)14)16-12(18)15-6-7-17(2)3/h4-5H,6-7H2,1-3H3,(H2,15,16,18). The van der Waals surface area contributed by atoms with Crippen LogP contribution in [0.5, 0.6) is 0 Å². The lowest BCUT2D eigenvalue weighted by atomic mass is 10.2. The molecule has 2 N–H and O–H groups in total. The van der Waals surface area contributed by atoms with Crippen LogP contribution in [0, 0.1) is 12.7 Å². The molecule has 1 aromatic rings. The molecule has 6 heteroatoms. The number of amides is 2. The Morgan fingerprint density at radius 1 is 1.44 bits per heavy atom. The molecule has 1 rings (SSSR count). The number of hydrogen-bond donors (Lipinski definition) is 2. The number of hydrogen-bond acceptors (Lipinski definition) is 2. The first-order valence-corrected chi connectivity index (χ1v) is 6.35. The molecular weight excluding hydrogens is 301 g/mol. The van der Waals surface area contributed by atoms with E-state index < -0.39 is 11.8 Å². The molecule has 4 nitrogen and oxygen atoms in total. The predicted molar refractivity (Wildman–Crippen MR) is 74.4 cm³/mol. The minimum absolute atomic E-state index is 0.179. The van der Waals surface area contributed by atoms with Gasteiger partial charge in [-0.25, -0.2) is 9.18 Å². The number of carbonyl (C=O) groups excluding carboxylic acids is 1. The monoisotopic (exact) mass is 317 g/mol. The SMILES string of the molecule is Cc1c(Br)ccc(NC(=O)NCCN(C)C)c1F. The molecule has 0 aliphatic heterocycles. The van der Waals surface area contributed by atoms with Crippen molar-refractivity contribution in [3.05, 3.63) is 28.0 Å². The fraction of sp³-hybridized carbons (Fsp3) is 0.417. The van der Waals surface area contributed by atoms with Gasteiger partial charge in [0.1, 0.15) is 0 Å². The summed E-state index contributed by atoms with van der Waals surface area (Å²) < 4.78 is 14.5. The minimum Gasteiger partial charge on any atom is -0.337 e. The number of nitrogens with zero attached hydrogens (tertiary/aromatic N) is 1. The third-order valence-electron chi connectivity index (χ3n) is 2.41. The van der Waals surface area contributed by atoms with Crippen molar-refractivity contribution in [2.24, 2.45) is 0 Å². The summed E-state index contributed by atoms with van der Waals surface area (Å²) in [6.07, 6.45) is 0. The molecule has 0 bridgehead atoms. The van der Waals surface area contributed by atoms with Crippen molar-refractivity contribution >= 4 is 27.6 Å². The predicted octanol–water partition coefficient (Wildman–Crippen LogP) is 2.58. The minimum atomic E-state index is -0.424. The van der Waals surface area contributed by atoms with Gasteiger partial charge in [-0.15, -0.1) is 0 Å². The number of benzene rings is 1. The lowest BCUT2D eigenvalue weighted by Crippen LogP contribution is -2.34. The first-order chi connectivity index (χ1) is 8.41. The molecule has 0 unspecified atom stereocenters. The van der Waals surface area contributed by atoms with Gasteiger partial charge in [0.2, 0.25) is 0 Å². The van der Waals surface area contributed by atoms with Gasteiger partial charge >= 0.3 is 6.03 Å². The van der Waals surface area contributed by atoms with Gasteiger partial charge in [-0.05, 0) is 33.2 Å². The molecule has 100 valence electrons. The van der Waals surface area contributed by atoms with Crippen LogP contribution in [0.4, 0.5) is 14.9 Å². The van der Waals surface area contributed by atoms with Crippen LogP contribution in [0.25, 0.3) is 0 Å². The number of halogens is 2. The Labute approximate surface area is 115 Å². The molecule has 0 heterocycles. The highest BCUT2D eigenvalue weighted by Crippen LogP contribution is 2.24. The first-order valence-electron chi connectivity index (χ1n) is 5.56. The summed E-state index contributed by atoms with van der Waals surface area (Å²) in [5.74, 6) is -0.424. The van der Waals surface area contributed by atoms with Crippen molar-refractivity contribution in [2.75, 3.05) is 32.5 Å². The lowest BCUT2D eigenvalue weighted by Gasteiger charge is -2.12. The van der Waals surface area contributed by atoms with Gasteiger partial charge in [-0.1, -0.05) is 15.9 Å². The van der Waals surface area contributed by atoms with E-state index in [9.17, 15) is 9.18 Å². The second kappa shape index (κ2) is 6.70. The van der Waals surface area contributed by atoms with E-state index in [1.807, 2.05) is 19.0 Å². The van der Waals surface area contributed by atoms with Gasteiger partial charge in [0.25, 0.3) is 0 Å². The molecule has 0 aliphatic carbocycles. The van der Waals surface area contributed by atoms with Crippen molar-refractivity contribution in [3.63, 3.8) is 0 Å². The molecule has 18 heavy (non-hydrogen) atoms. The van der Waals surface area contributed by atoms with E-state index in [1.165, 1.54) is 6.07 Å². The molecule has 0 saturated carbocycles. The van der Waals surface area contributed by atoms with E-state index in [1.54, 1.807) is 13.0 Å². The van der Waals surface area contributed by atoms with Crippen LogP contribution in [0.15, 0.2) is 16.6 Å². The highest BCUT2D eigenvalue weighted by molar-refractivity contribution is 9.10. The maximum absolute atomic E-state index is 13.8. The normalized spacial score (nSPS) is 10.6. The van der Waals surface area contributed by atoms with E-state index in [0.29, 0.717) is 16.6 Å². The summed E-state index contributed by atoms with van der Waals surface area (Å²) in [5.41, 5.74) is 0.652. The Hall–Kier alpha value is -1.14. The molecule has 0 atom stereocenters. The second-order valence-electron chi connectivity index (χ2n) is 4.22. The molecule has 0 aromatic heterocycles. The summed E-state index contributed by atoms with van der Waals surface area (Å²) in [7, 11) is 3.83. The number of anilines is 1. The summed E-state index contributed by atoms with van der Waals surface area (Å²) in [4.78, 5) is 13.5. The molecule has 0 fully saturated rings. The molecule has 0 radical (unpaired) electrons. The number of rotatable bonds is 4. The number of likely N-dealkylation sites (N-methyl/N-ethyl adjacent to an activating group) is 1. The summed E-state index contributed by atoms with van der Waals surface area (Å²) in [6, 6.07) is 2.82. The van der Waals surface area contributed by atoms with Crippen molar-refractivity contribution < 1.29 is 9.18 Å². The van der Waals surface area contributed by atoms with Gasteiger partial charge in [0.15, 0.2) is 5.82 Å². The fourth-order valence-corrected chi connectivity index (χ4v) is 1.62. The van der Waals surface area contributed by atoms with Crippen LogP contribution in [-0.2, 0) is 0 Å². The van der Waals surface area contributed by atoms with E-state index in [4.69, 9.17) is 0 Å². The highest BCUT2D eigenvalue weighted by atomic mass is 79.9. The first kappa shape index (κ1) is 14.9. The summed E-state index contributed by atoms with van der Waals surface area (Å²) in [5, 5.41) is 5.14. The topological polar surface area (TPSA) is 44.4 Å². The van der Waals surface area contributed by atoms with Crippen LogP contribution in [-0.4, -0.2) is 38.1 Å². The van der Waals surface area contributed by atoms with Crippen LogP contribution in [0.2, 0.25) is 0 Å². The number of urea groups is 1. The second-order valence-corrected chi connectivity index (χ2v) is 5.07. The summed E-state index contributed by atoms with van der Waals surface area (Å²) >= 11 is 3.23. The van der Waals surface area contributed by atoms with Gasteiger partial charge in [-0.2, -0.15) is 0 Å². The maximum Gasteiger partial charge on any atom is 0.319 e. The Bertz CT molecular complexity index is 438. The average molecular weight is 318 g/mol. The smallest absolute Gasteiger partial charge is 0.319 e. The summed E-state index contributed by atoms with van der Waals surface area (Å²) in [6.45, 7) is 2.89. The van der Waals surface area contributed by atoms with Crippen molar-refractivity contribution in [1.82, 2.24) is 10.2 Å². The fourth-order valence-electron chi connectivity index (χ4n) is 1.32. The van der Waals surface area contributed by atoms with Gasteiger partial charge in [-0.3, -0.25) is 0 Å². The van der Waals surface area contributed by atoms with Crippen LogP contribution >= 0.6 is 15.9 Å². The Morgan fingerprint density at radius 2 is 2.11 bits per heavy atom. The Morgan fingerprint density at radius 3 is 2.72 bits per heavy atom. The Kier molecular flexibility index (Phi) is 5.55. The molecule has 2 amide bonds. The Balaban J connectivity index is 2.57. The zero-order chi connectivity index (χ0) is 13.7. The average Bonchev–Trinajstić information content (AvgIpc) is 2.29. The van der Waals surface area contributed by atoms with E-state index >= 15 is 0 Å². The highest BCUT2D eigenvalue weighted by Gasteiger charge is 2.10. The zero-order valence-electron chi connectivity index (χ0n) is 10.7. The third kappa shape index (κ3) is 4.27.